The minimum absolute atomic E-state index is 0.0307. The maximum atomic E-state index is 12.9. The summed E-state index contributed by atoms with van der Waals surface area (Å²) < 4.78 is 26.2. The molecule has 0 unspecified atom stereocenters. The maximum Gasteiger partial charge on any atom is 0.244 e. The van der Waals surface area contributed by atoms with Gasteiger partial charge in [0.1, 0.15) is 4.90 Å². The third-order valence-corrected chi connectivity index (χ3v) is 7.67. The molecule has 1 heterocycles. The van der Waals surface area contributed by atoms with E-state index in [1.165, 1.54) is 31.3 Å². The molecule has 1 atom stereocenters. The van der Waals surface area contributed by atoms with E-state index in [9.17, 15) is 18.0 Å². The van der Waals surface area contributed by atoms with Crippen LogP contribution in [0.1, 0.15) is 24.0 Å². The molecule has 4 rings (SSSR count). The summed E-state index contributed by atoms with van der Waals surface area (Å²) in [5.41, 5.74) is 3.65. The minimum atomic E-state index is -3.71. The monoisotopic (exact) mass is 427 g/mol. The van der Waals surface area contributed by atoms with Crippen LogP contribution >= 0.6 is 0 Å². The molecule has 1 N–H and O–H groups in total. The molecule has 7 nitrogen and oxygen atoms in total. The first-order valence-corrected chi connectivity index (χ1v) is 11.5. The largest absolute Gasteiger partial charge is 0.325 e. The SMILES string of the molecule is CN(C)S(=O)(=O)c1ccccc1NC(=O)[C@@H]1CC(=O)N(c2ccc3c(c2)CCC3)C1. The molecule has 8 heteroatoms. The van der Waals surface area contributed by atoms with E-state index in [0.29, 0.717) is 0 Å². The lowest BCUT2D eigenvalue weighted by atomic mass is 10.1. The van der Waals surface area contributed by atoms with E-state index in [1.807, 2.05) is 6.07 Å². The molecule has 0 spiro atoms. The molecule has 1 aliphatic carbocycles. The van der Waals surface area contributed by atoms with E-state index >= 15 is 0 Å². The minimum Gasteiger partial charge on any atom is -0.325 e. The molecule has 2 aromatic rings. The van der Waals surface area contributed by atoms with E-state index in [-0.39, 0.29) is 35.4 Å². The molecule has 2 amide bonds. The predicted molar refractivity (Wildman–Crippen MR) is 115 cm³/mol. The van der Waals surface area contributed by atoms with Crippen molar-refractivity contribution in [3.8, 4) is 0 Å². The van der Waals surface area contributed by atoms with Crippen LogP contribution in [0.4, 0.5) is 11.4 Å². The lowest BCUT2D eigenvalue weighted by molar-refractivity contribution is -0.122. The molecule has 1 aliphatic heterocycles. The molecule has 0 bridgehead atoms. The summed E-state index contributed by atoms with van der Waals surface area (Å²) in [6, 6.07) is 12.4. The number of carbonyl (C=O) groups excluding carboxylic acids is 2. The van der Waals surface area contributed by atoms with Gasteiger partial charge < -0.3 is 10.2 Å². The van der Waals surface area contributed by atoms with Gasteiger partial charge in [-0.25, -0.2) is 12.7 Å². The fourth-order valence-electron chi connectivity index (χ4n) is 4.09. The van der Waals surface area contributed by atoms with Gasteiger partial charge in [0.15, 0.2) is 0 Å². The number of nitrogens with zero attached hydrogens (tertiary/aromatic N) is 2. The van der Waals surface area contributed by atoms with Gasteiger partial charge in [-0.2, -0.15) is 0 Å². The van der Waals surface area contributed by atoms with Crippen molar-refractivity contribution in [3.63, 3.8) is 0 Å². The van der Waals surface area contributed by atoms with Gasteiger partial charge in [-0.3, -0.25) is 9.59 Å². The highest BCUT2D eigenvalue weighted by atomic mass is 32.2. The van der Waals surface area contributed by atoms with Crippen LogP contribution in [0.25, 0.3) is 0 Å². The van der Waals surface area contributed by atoms with Crippen molar-refractivity contribution < 1.29 is 18.0 Å². The first-order chi connectivity index (χ1) is 14.3. The molecule has 0 radical (unpaired) electrons. The van der Waals surface area contributed by atoms with Gasteiger partial charge in [0.05, 0.1) is 11.6 Å². The second kappa shape index (κ2) is 7.85. The zero-order valence-corrected chi connectivity index (χ0v) is 17.9. The summed E-state index contributed by atoms with van der Waals surface area (Å²) in [5.74, 6) is -0.989. The first kappa shape index (κ1) is 20.6. The van der Waals surface area contributed by atoms with Gasteiger partial charge in [0, 0.05) is 32.7 Å². The van der Waals surface area contributed by atoms with Crippen molar-refractivity contribution in [2.24, 2.45) is 5.92 Å². The summed E-state index contributed by atoms with van der Waals surface area (Å²) in [6.07, 6.45) is 3.33. The Morgan fingerprint density at radius 1 is 1.10 bits per heavy atom. The summed E-state index contributed by atoms with van der Waals surface area (Å²) in [5, 5.41) is 2.72. The Hall–Kier alpha value is -2.71. The quantitative estimate of drug-likeness (QED) is 0.794. The number of anilines is 2. The van der Waals surface area contributed by atoms with Gasteiger partial charge in [-0.1, -0.05) is 18.2 Å². The second-order valence-corrected chi connectivity index (χ2v) is 10.1. The Morgan fingerprint density at radius 3 is 2.60 bits per heavy atom. The van der Waals surface area contributed by atoms with Gasteiger partial charge in [0.25, 0.3) is 0 Å². The summed E-state index contributed by atoms with van der Waals surface area (Å²) in [4.78, 5) is 27.2. The number of fused-ring (bicyclic) bond motifs is 1. The molecular weight excluding hydrogens is 402 g/mol. The number of hydrogen-bond donors (Lipinski definition) is 1. The molecule has 2 aromatic carbocycles. The topological polar surface area (TPSA) is 86.8 Å². The smallest absolute Gasteiger partial charge is 0.244 e. The Balaban J connectivity index is 1.52. The average molecular weight is 428 g/mol. The average Bonchev–Trinajstić information content (AvgIpc) is 3.34. The first-order valence-electron chi connectivity index (χ1n) is 10.0. The Kier molecular flexibility index (Phi) is 5.38. The highest BCUT2D eigenvalue weighted by Crippen LogP contribution is 2.31. The van der Waals surface area contributed by atoms with Crippen LogP contribution < -0.4 is 10.2 Å². The fraction of sp³-hybridized carbons (Fsp3) is 0.364. The number of nitrogens with one attached hydrogen (secondary N) is 1. The number of rotatable bonds is 5. The van der Waals surface area contributed by atoms with Crippen molar-refractivity contribution in [2.45, 2.75) is 30.6 Å². The Labute approximate surface area is 176 Å². The lowest BCUT2D eigenvalue weighted by Crippen LogP contribution is -2.29. The van der Waals surface area contributed by atoms with Gasteiger partial charge in [-0.15, -0.1) is 0 Å². The van der Waals surface area contributed by atoms with Crippen LogP contribution in [-0.2, 0) is 32.5 Å². The third-order valence-electron chi connectivity index (χ3n) is 5.79. The molecule has 1 fully saturated rings. The van der Waals surface area contributed by atoms with E-state index in [1.54, 1.807) is 23.1 Å². The number of amides is 2. The van der Waals surface area contributed by atoms with Crippen LogP contribution in [0.15, 0.2) is 47.4 Å². The van der Waals surface area contributed by atoms with Gasteiger partial charge >= 0.3 is 0 Å². The van der Waals surface area contributed by atoms with E-state index in [4.69, 9.17) is 0 Å². The molecule has 158 valence electrons. The highest BCUT2D eigenvalue weighted by Gasteiger charge is 2.36. The standard InChI is InChI=1S/C22H25N3O4S/c1-24(2)30(28,29)20-9-4-3-8-19(20)23-22(27)17-13-21(26)25(14-17)18-11-10-15-6-5-7-16(15)12-18/h3-4,8-12,17H,5-7,13-14H2,1-2H3,(H,23,27)/t17-/m1/s1. The summed E-state index contributed by atoms with van der Waals surface area (Å²) in [6.45, 7) is 0.284. The Morgan fingerprint density at radius 2 is 1.83 bits per heavy atom. The van der Waals surface area contributed by atoms with Crippen molar-refractivity contribution in [3.05, 3.63) is 53.6 Å². The number of hydrogen-bond acceptors (Lipinski definition) is 4. The van der Waals surface area contributed by atoms with Crippen LogP contribution in [0, 0.1) is 5.92 Å². The summed E-state index contributed by atoms with van der Waals surface area (Å²) in [7, 11) is -0.821. The number of benzene rings is 2. The molecule has 2 aliphatic rings. The lowest BCUT2D eigenvalue weighted by Gasteiger charge is -2.19. The molecule has 0 aromatic heterocycles. The van der Waals surface area contributed by atoms with Crippen LogP contribution in [0.2, 0.25) is 0 Å². The number of carbonyl (C=O) groups is 2. The number of para-hydroxylation sites is 1. The zero-order chi connectivity index (χ0) is 21.5. The van der Waals surface area contributed by atoms with E-state index in [0.717, 1.165) is 29.3 Å². The third kappa shape index (κ3) is 3.73. The van der Waals surface area contributed by atoms with Crippen molar-refractivity contribution in [1.29, 1.82) is 0 Å². The Bertz CT molecular complexity index is 1110. The van der Waals surface area contributed by atoms with E-state index in [2.05, 4.69) is 17.4 Å². The highest BCUT2D eigenvalue weighted by molar-refractivity contribution is 7.89. The van der Waals surface area contributed by atoms with E-state index < -0.39 is 15.9 Å². The zero-order valence-electron chi connectivity index (χ0n) is 17.1. The predicted octanol–water partition coefficient (Wildman–Crippen LogP) is 2.42. The molecular formula is C22H25N3O4S. The number of aryl methyl sites for hydroxylation is 2. The number of sulfonamides is 1. The molecule has 30 heavy (non-hydrogen) atoms. The summed E-state index contributed by atoms with van der Waals surface area (Å²) >= 11 is 0. The van der Waals surface area contributed by atoms with Crippen molar-refractivity contribution >= 4 is 33.2 Å². The normalized spacial score (nSPS) is 18.7. The van der Waals surface area contributed by atoms with Crippen molar-refractivity contribution in [2.75, 3.05) is 30.9 Å². The molecule has 0 saturated carbocycles. The van der Waals surface area contributed by atoms with Gasteiger partial charge in [-0.05, 0) is 54.7 Å². The second-order valence-electron chi connectivity index (χ2n) is 7.98. The van der Waals surface area contributed by atoms with Crippen LogP contribution in [0.5, 0.6) is 0 Å². The van der Waals surface area contributed by atoms with Gasteiger partial charge in [0.2, 0.25) is 21.8 Å². The van der Waals surface area contributed by atoms with Crippen LogP contribution in [0.3, 0.4) is 0 Å². The molecule has 1 saturated heterocycles. The van der Waals surface area contributed by atoms with Crippen LogP contribution in [-0.4, -0.2) is 45.2 Å². The fourth-order valence-corrected chi connectivity index (χ4v) is 5.13. The van der Waals surface area contributed by atoms with Crippen molar-refractivity contribution in [1.82, 2.24) is 4.31 Å². The maximum absolute atomic E-state index is 12.9.